The highest BCUT2D eigenvalue weighted by atomic mass is 16.5. The predicted molar refractivity (Wildman–Crippen MR) is 85.8 cm³/mol. The minimum atomic E-state index is 0.107. The highest BCUT2D eigenvalue weighted by Crippen LogP contribution is 2.40. The van der Waals surface area contributed by atoms with Crippen LogP contribution in [0.5, 0.6) is 17.2 Å². The SMILES string of the molecule is COc1cc2c(cc1OC)C(c1cccc(O)c1)N(C)CC2. The monoisotopic (exact) mass is 299 g/mol. The molecule has 0 aliphatic carbocycles. The van der Waals surface area contributed by atoms with Gasteiger partial charge in [0.25, 0.3) is 0 Å². The summed E-state index contributed by atoms with van der Waals surface area (Å²) in [6.07, 6.45) is 0.974. The molecule has 0 saturated heterocycles. The van der Waals surface area contributed by atoms with E-state index in [9.17, 15) is 5.11 Å². The summed E-state index contributed by atoms with van der Waals surface area (Å²) in [7, 11) is 5.42. The lowest BCUT2D eigenvalue weighted by Gasteiger charge is -2.35. The van der Waals surface area contributed by atoms with Crippen molar-refractivity contribution in [2.24, 2.45) is 0 Å². The number of nitrogens with zero attached hydrogens (tertiary/aromatic N) is 1. The van der Waals surface area contributed by atoms with Crippen LogP contribution in [-0.2, 0) is 6.42 Å². The number of ether oxygens (including phenoxy) is 2. The summed E-state index contributed by atoms with van der Waals surface area (Å²) in [6.45, 7) is 0.961. The first-order valence-electron chi connectivity index (χ1n) is 7.38. The smallest absolute Gasteiger partial charge is 0.161 e. The van der Waals surface area contributed by atoms with E-state index in [0.717, 1.165) is 30.0 Å². The molecule has 0 saturated carbocycles. The first kappa shape index (κ1) is 14.7. The molecule has 0 bridgehead atoms. The van der Waals surface area contributed by atoms with Gasteiger partial charge in [0.2, 0.25) is 0 Å². The Balaban J connectivity index is 2.13. The van der Waals surface area contributed by atoms with Gasteiger partial charge in [0.05, 0.1) is 20.3 Å². The van der Waals surface area contributed by atoms with Gasteiger partial charge in [0.15, 0.2) is 11.5 Å². The van der Waals surface area contributed by atoms with Gasteiger partial charge in [-0.25, -0.2) is 0 Å². The molecule has 0 fully saturated rings. The number of hydrogen-bond donors (Lipinski definition) is 1. The second kappa shape index (κ2) is 5.89. The maximum atomic E-state index is 9.80. The molecule has 3 rings (SSSR count). The molecule has 0 spiro atoms. The average Bonchev–Trinajstić information content (AvgIpc) is 2.53. The fraction of sp³-hybridized carbons (Fsp3) is 0.333. The fourth-order valence-corrected chi connectivity index (χ4v) is 3.20. The fourth-order valence-electron chi connectivity index (χ4n) is 3.20. The molecular formula is C18H21NO3. The summed E-state index contributed by atoms with van der Waals surface area (Å²) in [5.74, 6) is 1.79. The van der Waals surface area contributed by atoms with Crippen molar-refractivity contribution in [3.05, 3.63) is 53.1 Å². The lowest BCUT2D eigenvalue weighted by molar-refractivity contribution is 0.262. The van der Waals surface area contributed by atoms with E-state index < -0.39 is 0 Å². The Morgan fingerprint density at radius 1 is 1.09 bits per heavy atom. The minimum Gasteiger partial charge on any atom is -0.508 e. The summed E-state index contributed by atoms with van der Waals surface area (Å²) in [4.78, 5) is 2.29. The van der Waals surface area contributed by atoms with Crippen molar-refractivity contribution in [1.29, 1.82) is 0 Å². The number of fused-ring (bicyclic) bond motifs is 1. The van der Waals surface area contributed by atoms with Gasteiger partial charge in [0, 0.05) is 6.54 Å². The van der Waals surface area contributed by atoms with E-state index in [2.05, 4.69) is 24.1 Å². The standard InChI is InChI=1S/C18H21NO3/c1-19-8-7-12-10-16(21-2)17(22-3)11-15(12)18(19)13-5-4-6-14(20)9-13/h4-6,9-11,18,20H,7-8H2,1-3H3. The largest absolute Gasteiger partial charge is 0.508 e. The van der Waals surface area contributed by atoms with Crippen LogP contribution in [-0.4, -0.2) is 37.8 Å². The van der Waals surface area contributed by atoms with Gasteiger partial charge >= 0.3 is 0 Å². The van der Waals surface area contributed by atoms with Crippen LogP contribution in [0, 0.1) is 0 Å². The highest BCUT2D eigenvalue weighted by molar-refractivity contribution is 5.52. The van der Waals surface area contributed by atoms with Crippen molar-refractivity contribution in [2.45, 2.75) is 12.5 Å². The molecule has 2 aromatic rings. The van der Waals surface area contributed by atoms with Gasteiger partial charge in [-0.2, -0.15) is 0 Å². The third kappa shape index (κ3) is 2.50. The quantitative estimate of drug-likeness (QED) is 0.946. The number of phenolic OH excluding ortho intramolecular Hbond substituents is 1. The normalized spacial score (nSPS) is 17.9. The van der Waals surface area contributed by atoms with Crippen LogP contribution < -0.4 is 9.47 Å². The number of aromatic hydroxyl groups is 1. The van der Waals surface area contributed by atoms with E-state index in [0.29, 0.717) is 5.75 Å². The topological polar surface area (TPSA) is 41.9 Å². The number of benzene rings is 2. The molecule has 1 aliphatic rings. The van der Waals surface area contributed by atoms with Gasteiger partial charge in [-0.3, -0.25) is 4.90 Å². The second-order valence-corrected chi connectivity index (χ2v) is 5.63. The van der Waals surface area contributed by atoms with E-state index in [4.69, 9.17) is 9.47 Å². The predicted octanol–water partition coefficient (Wildman–Crippen LogP) is 2.99. The van der Waals surface area contributed by atoms with Gasteiger partial charge in [-0.1, -0.05) is 12.1 Å². The zero-order valence-electron chi connectivity index (χ0n) is 13.2. The molecule has 0 aromatic heterocycles. The van der Waals surface area contributed by atoms with Crippen molar-refractivity contribution >= 4 is 0 Å². The number of methoxy groups -OCH3 is 2. The Kier molecular flexibility index (Phi) is 3.94. The molecule has 22 heavy (non-hydrogen) atoms. The molecule has 1 N–H and O–H groups in total. The molecule has 116 valence electrons. The summed E-state index contributed by atoms with van der Waals surface area (Å²) in [5.41, 5.74) is 3.55. The summed E-state index contributed by atoms with van der Waals surface area (Å²) < 4.78 is 10.9. The molecule has 1 atom stereocenters. The molecular weight excluding hydrogens is 278 g/mol. The Morgan fingerprint density at radius 3 is 2.50 bits per heavy atom. The molecule has 1 unspecified atom stereocenters. The van der Waals surface area contributed by atoms with E-state index >= 15 is 0 Å². The summed E-state index contributed by atoms with van der Waals surface area (Å²) in [6, 6.07) is 11.7. The van der Waals surface area contributed by atoms with Gasteiger partial charge in [-0.15, -0.1) is 0 Å². The Labute approximate surface area is 130 Å². The van der Waals surface area contributed by atoms with Crippen molar-refractivity contribution in [3.63, 3.8) is 0 Å². The van der Waals surface area contributed by atoms with Crippen molar-refractivity contribution < 1.29 is 14.6 Å². The molecule has 1 aliphatic heterocycles. The van der Waals surface area contributed by atoms with Crippen LogP contribution in [0.1, 0.15) is 22.7 Å². The molecule has 4 heteroatoms. The maximum Gasteiger partial charge on any atom is 0.161 e. The Hall–Kier alpha value is -2.20. The number of phenols is 1. The summed E-state index contributed by atoms with van der Waals surface area (Å²) >= 11 is 0. The molecule has 4 nitrogen and oxygen atoms in total. The zero-order valence-corrected chi connectivity index (χ0v) is 13.2. The minimum absolute atomic E-state index is 0.107. The molecule has 0 radical (unpaired) electrons. The van der Waals surface area contributed by atoms with E-state index in [1.54, 1.807) is 20.3 Å². The molecule has 0 amide bonds. The Morgan fingerprint density at radius 2 is 1.82 bits per heavy atom. The lowest BCUT2D eigenvalue weighted by atomic mass is 9.88. The van der Waals surface area contributed by atoms with Gasteiger partial charge in [0.1, 0.15) is 5.75 Å². The first-order chi connectivity index (χ1) is 10.6. The zero-order chi connectivity index (χ0) is 15.7. The van der Waals surface area contributed by atoms with E-state index in [1.165, 1.54) is 11.1 Å². The third-order valence-corrected chi connectivity index (χ3v) is 4.30. The van der Waals surface area contributed by atoms with Crippen molar-refractivity contribution in [3.8, 4) is 17.2 Å². The van der Waals surface area contributed by atoms with Crippen molar-refractivity contribution in [1.82, 2.24) is 4.90 Å². The average molecular weight is 299 g/mol. The second-order valence-electron chi connectivity index (χ2n) is 5.63. The van der Waals surface area contributed by atoms with Gasteiger partial charge in [-0.05, 0) is 54.4 Å². The molecule has 2 aromatic carbocycles. The van der Waals surface area contributed by atoms with E-state index in [-0.39, 0.29) is 6.04 Å². The van der Waals surface area contributed by atoms with Crippen LogP contribution in [0.15, 0.2) is 36.4 Å². The van der Waals surface area contributed by atoms with Gasteiger partial charge < -0.3 is 14.6 Å². The number of likely N-dealkylation sites (N-methyl/N-ethyl adjacent to an activating group) is 1. The highest BCUT2D eigenvalue weighted by Gasteiger charge is 2.28. The maximum absolute atomic E-state index is 9.80. The lowest BCUT2D eigenvalue weighted by Crippen LogP contribution is -2.32. The van der Waals surface area contributed by atoms with Crippen LogP contribution >= 0.6 is 0 Å². The number of hydrogen-bond acceptors (Lipinski definition) is 4. The summed E-state index contributed by atoms with van der Waals surface area (Å²) in [5, 5.41) is 9.80. The number of rotatable bonds is 3. The van der Waals surface area contributed by atoms with Crippen LogP contribution in [0.4, 0.5) is 0 Å². The molecule has 1 heterocycles. The van der Waals surface area contributed by atoms with Crippen LogP contribution in [0.25, 0.3) is 0 Å². The van der Waals surface area contributed by atoms with E-state index in [1.807, 2.05) is 18.2 Å². The van der Waals surface area contributed by atoms with Crippen molar-refractivity contribution in [2.75, 3.05) is 27.8 Å². The third-order valence-electron chi connectivity index (χ3n) is 4.30. The first-order valence-corrected chi connectivity index (χ1v) is 7.38. The Bertz CT molecular complexity index is 684. The van der Waals surface area contributed by atoms with Crippen LogP contribution in [0.3, 0.4) is 0 Å². The van der Waals surface area contributed by atoms with Crippen LogP contribution in [0.2, 0.25) is 0 Å².